The third kappa shape index (κ3) is 17.4. The summed E-state index contributed by atoms with van der Waals surface area (Å²) in [7, 11) is 9.05. The van der Waals surface area contributed by atoms with Gasteiger partial charge in [0.05, 0.1) is 75.3 Å². The number of rotatable bonds is 18. The molecule has 8 aromatic rings. The molecule has 0 saturated heterocycles. The van der Waals surface area contributed by atoms with Gasteiger partial charge in [0.1, 0.15) is 0 Å². The number of carbonyl (C=O) groups excluding carboxylic acids is 5. The minimum Gasteiger partial charge on any atom is -0.481 e. The number of nitrogens with one attached hydrogen (secondary N) is 4. The fourth-order valence-corrected chi connectivity index (χ4v) is 20.0. The molecule has 8 aliphatic rings. The van der Waals surface area contributed by atoms with E-state index in [1.54, 1.807) is 12.1 Å². The maximum absolute atomic E-state index is 13.8. The van der Waals surface area contributed by atoms with Crippen molar-refractivity contribution in [3.8, 4) is 22.3 Å². The summed E-state index contributed by atoms with van der Waals surface area (Å²) in [6.07, 6.45) is 17.2. The van der Waals surface area contributed by atoms with Crippen molar-refractivity contribution in [2.45, 2.75) is 193 Å². The number of methoxy groups -OCH3 is 1. The van der Waals surface area contributed by atoms with Gasteiger partial charge in [-0.25, -0.2) is 19.9 Å². The van der Waals surface area contributed by atoms with E-state index in [0.29, 0.717) is 106 Å². The molecule has 16 rings (SSSR count). The van der Waals surface area contributed by atoms with E-state index in [4.69, 9.17) is 47.9 Å². The van der Waals surface area contributed by atoms with Crippen LogP contribution in [0.4, 0.5) is 22.7 Å². The first-order valence-corrected chi connectivity index (χ1v) is 42.0. The highest BCUT2D eigenvalue weighted by molar-refractivity contribution is 6.37. The fraction of sp³-hybridized carbons (Fsp3) is 0.517. The largest absolute Gasteiger partial charge is 0.481 e. The Bertz CT molecular complexity index is 4990. The van der Waals surface area contributed by atoms with Crippen LogP contribution in [0.25, 0.3) is 22.3 Å². The van der Waals surface area contributed by atoms with Crippen molar-refractivity contribution < 1.29 is 48.8 Å². The summed E-state index contributed by atoms with van der Waals surface area (Å²) in [5, 5.41) is 42.3. The molecule has 4 aliphatic heterocycles. The second kappa shape index (κ2) is 35.0. The quantitative estimate of drug-likeness (QED) is 0.0393. The highest BCUT2D eigenvalue weighted by atomic mass is 35.5. The van der Waals surface area contributed by atoms with Crippen LogP contribution < -0.4 is 21.3 Å². The second-order valence-electron chi connectivity index (χ2n) is 33.3. The molecule has 610 valence electrons. The molecule has 0 bridgehead atoms. The van der Waals surface area contributed by atoms with Crippen LogP contribution in [0.15, 0.2) is 72.8 Å². The molecule has 4 amide bonds. The summed E-state index contributed by atoms with van der Waals surface area (Å²) in [5.41, 5.74) is 15.0. The number of aliphatic hydroxyl groups excluding tert-OH is 2. The summed E-state index contributed by atoms with van der Waals surface area (Å²) in [5.74, 6) is 0.201. The molecule has 115 heavy (non-hydrogen) atoms. The van der Waals surface area contributed by atoms with E-state index >= 15 is 0 Å². The lowest BCUT2D eigenvalue weighted by molar-refractivity contribution is -0.147. The third-order valence-electron chi connectivity index (χ3n) is 26.3. The maximum Gasteiger partial charge on any atom is 0.308 e. The standard InChI is InChI=1S/C44H55ClN8O5.C43H53ClN8O5/c1-26-31(7-5-9-33(26)48-42(55)40-47-36-25-53(22-20-38(36)51(40)3)29-15-17-30(54)18-16-29)32-8-6-10-34(39(32)45)49-43(56)41-46-35-24-52(21-19-37(35)50(41)2)23-27-11-13-28(14-12-27)44(57)58-4;1-25-30(6-4-8-32(25)47-41(54)39-46-35-24-52(21-19-37(35)50(39)3)28-14-16-29(53)17-15-28)31-7-5-9-33(38(31)44)48-42(55)40-45-34-23-51(20-18-36(34)49(40)2)22-26-10-12-27(13-11-26)43(56)57/h5-10,27-30,54H,11-25H2,1-4H3,(H,48,55)(H,49,56);4-9,26-29,53H,10-24H2,1-3H3,(H,47,54)(H,48,55)(H,56,57). The van der Waals surface area contributed by atoms with Crippen LogP contribution >= 0.6 is 23.2 Å². The van der Waals surface area contributed by atoms with E-state index in [0.717, 1.165) is 247 Å². The van der Waals surface area contributed by atoms with Crippen LogP contribution in [0.5, 0.6) is 0 Å². The first kappa shape index (κ1) is 81.0. The molecule has 4 aliphatic carbocycles. The Balaban J connectivity index is 0.000000181. The number of carbonyl (C=O) groups is 6. The lowest BCUT2D eigenvalue weighted by atomic mass is 9.81. The maximum atomic E-state index is 13.8. The average Bonchev–Trinajstić information content (AvgIpc) is 1.74. The number of nitrogens with zero attached hydrogens (tertiary/aromatic N) is 12. The molecule has 0 spiro atoms. The summed E-state index contributed by atoms with van der Waals surface area (Å²) in [6.45, 7) is 12.1. The van der Waals surface area contributed by atoms with Gasteiger partial charge in [0.25, 0.3) is 23.6 Å². The molecule has 4 aromatic carbocycles. The van der Waals surface area contributed by atoms with E-state index in [2.05, 4.69) is 40.9 Å². The summed E-state index contributed by atoms with van der Waals surface area (Å²) in [4.78, 5) is 107. The Hall–Kier alpha value is -9.12. The predicted molar refractivity (Wildman–Crippen MR) is 441 cm³/mol. The number of carboxylic acids is 1. The monoisotopic (exact) mass is 1610 g/mol. The Morgan fingerprint density at radius 2 is 0.730 bits per heavy atom. The lowest BCUT2D eigenvalue weighted by Gasteiger charge is -2.37. The number of amides is 4. The number of esters is 1. The molecule has 8 heterocycles. The number of fused-ring (bicyclic) bond motifs is 4. The van der Waals surface area contributed by atoms with Gasteiger partial charge in [0, 0.05) is 177 Å². The third-order valence-corrected chi connectivity index (χ3v) is 27.1. The summed E-state index contributed by atoms with van der Waals surface area (Å²) in [6, 6.07) is 23.4. The van der Waals surface area contributed by atoms with Gasteiger partial charge in [-0.15, -0.1) is 0 Å². The number of imidazole rings is 4. The molecule has 4 fully saturated rings. The number of anilines is 4. The first-order valence-electron chi connectivity index (χ1n) is 41.2. The highest BCUT2D eigenvalue weighted by Crippen LogP contribution is 2.42. The first-order chi connectivity index (χ1) is 55.4. The summed E-state index contributed by atoms with van der Waals surface area (Å²) < 4.78 is 12.6. The van der Waals surface area contributed by atoms with Gasteiger partial charge in [-0.05, 0) is 175 Å². The molecule has 0 radical (unpaired) electrons. The van der Waals surface area contributed by atoms with Crippen molar-refractivity contribution in [1.29, 1.82) is 0 Å². The molecule has 4 saturated carbocycles. The minimum atomic E-state index is -0.682. The van der Waals surface area contributed by atoms with Gasteiger partial charge >= 0.3 is 11.9 Å². The predicted octanol–water partition coefficient (Wildman–Crippen LogP) is 12.5. The average molecular weight is 1610 g/mol. The number of aliphatic carboxylic acids is 1. The van der Waals surface area contributed by atoms with Crippen LogP contribution in [-0.4, -0.2) is 179 Å². The van der Waals surface area contributed by atoms with Gasteiger partial charge in [-0.2, -0.15) is 0 Å². The number of hydrogen-bond donors (Lipinski definition) is 7. The van der Waals surface area contributed by atoms with Crippen molar-refractivity contribution in [2.24, 2.45) is 51.9 Å². The molecule has 0 unspecified atom stereocenters. The second-order valence-corrected chi connectivity index (χ2v) is 34.0. The van der Waals surface area contributed by atoms with Crippen molar-refractivity contribution in [1.82, 2.24) is 57.8 Å². The number of ether oxygens (including phenoxy) is 1. The van der Waals surface area contributed by atoms with Gasteiger partial charge in [-0.3, -0.25) is 48.4 Å². The van der Waals surface area contributed by atoms with E-state index in [9.17, 15) is 44.1 Å². The zero-order valence-corrected chi connectivity index (χ0v) is 68.6. The molecule has 0 atom stereocenters. The Labute approximate surface area is 681 Å². The molecular formula is C87H108Cl2N16O10. The zero-order chi connectivity index (χ0) is 80.6. The molecule has 26 nitrogen and oxygen atoms in total. The lowest BCUT2D eigenvalue weighted by Crippen LogP contribution is -2.42. The van der Waals surface area contributed by atoms with Gasteiger partial charge in [0.15, 0.2) is 23.3 Å². The molecule has 28 heteroatoms. The zero-order valence-electron chi connectivity index (χ0n) is 67.1. The fourth-order valence-electron chi connectivity index (χ4n) is 19.4. The molecular weight excluding hydrogens is 1500 g/mol. The van der Waals surface area contributed by atoms with Gasteiger partial charge in [0.2, 0.25) is 0 Å². The van der Waals surface area contributed by atoms with Crippen molar-refractivity contribution >= 4 is 81.5 Å². The molecule has 4 aromatic heterocycles. The Morgan fingerprint density at radius 1 is 0.417 bits per heavy atom. The number of benzene rings is 4. The van der Waals surface area contributed by atoms with Crippen LogP contribution in [0.3, 0.4) is 0 Å². The number of aromatic nitrogens is 8. The topological polar surface area (TPSA) is 305 Å². The normalized spacial score (nSPS) is 22.6. The van der Waals surface area contributed by atoms with E-state index in [1.807, 2.05) is 121 Å². The van der Waals surface area contributed by atoms with Crippen molar-refractivity contribution in [2.75, 3.05) is 67.6 Å². The van der Waals surface area contributed by atoms with Crippen LogP contribution in [0.1, 0.15) is 202 Å². The smallest absolute Gasteiger partial charge is 0.308 e. The Morgan fingerprint density at radius 3 is 1.08 bits per heavy atom. The molecule has 7 N–H and O–H groups in total. The van der Waals surface area contributed by atoms with Crippen LogP contribution in [0.2, 0.25) is 10.0 Å². The Kier molecular flexibility index (Phi) is 24.6. The van der Waals surface area contributed by atoms with Gasteiger partial charge in [-0.1, -0.05) is 71.7 Å². The summed E-state index contributed by atoms with van der Waals surface area (Å²) >= 11 is 14.1. The van der Waals surface area contributed by atoms with Gasteiger partial charge < -0.3 is 59.6 Å². The highest BCUT2D eigenvalue weighted by Gasteiger charge is 2.37. The van der Waals surface area contributed by atoms with Crippen molar-refractivity contribution in [3.05, 3.63) is 163 Å². The SMILES string of the molecule is COC(=O)C1CCC(CN2CCc3c(nc(C(=O)Nc4cccc(-c5cccc(NC(=O)c6nc7c(n6C)CCN(C6CCC(O)CC6)C7)c5C)c4Cl)n3C)C2)CC1.Cc1c(NC(=O)c2nc3c(n2C)CCN(C2CCC(O)CC2)C3)cccc1-c1cccc(NC(=O)c2nc3c(n2C)CCN(CC2CCC(C(=O)O)CC2)C3)c1Cl. The number of carboxylic acid groups (broad SMARTS) is 1. The number of aliphatic hydroxyl groups is 2. The number of halogens is 2. The van der Waals surface area contributed by atoms with Crippen LogP contribution in [-0.2, 0) is 94.4 Å². The van der Waals surface area contributed by atoms with Crippen LogP contribution in [0, 0.1) is 37.5 Å². The van der Waals surface area contributed by atoms with E-state index < -0.39 is 5.97 Å². The number of hydrogen-bond acceptors (Lipinski definition) is 17. The van der Waals surface area contributed by atoms with E-state index in [-0.39, 0.29) is 53.6 Å². The van der Waals surface area contributed by atoms with E-state index in [1.165, 1.54) is 7.11 Å². The minimum absolute atomic E-state index is 0.0162. The van der Waals surface area contributed by atoms with Crippen molar-refractivity contribution in [3.63, 3.8) is 0 Å².